The Morgan fingerprint density at radius 3 is 2.28 bits per heavy atom. The molecule has 1 unspecified atom stereocenters. The van der Waals surface area contributed by atoms with E-state index in [2.05, 4.69) is 40.3 Å². The van der Waals surface area contributed by atoms with Crippen LogP contribution in [0.5, 0.6) is 0 Å². The Labute approximate surface area is 111 Å². The monoisotopic (exact) mass is 244 g/mol. The van der Waals surface area contributed by atoms with E-state index < -0.39 is 0 Å². The number of hydrogen-bond acceptors (Lipinski definition) is 2. The van der Waals surface area contributed by atoms with Crippen molar-refractivity contribution in [3.8, 4) is 0 Å². The van der Waals surface area contributed by atoms with E-state index in [1.807, 2.05) is 0 Å². The van der Waals surface area contributed by atoms with Crippen LogP contribution in [0.1, 0.15) is 50.1 Å². The molecule has 1 aromatic carbocycles. The van der Waals surface area contributed by atoms with E-state index in [-0.39, 0.29) is 0 Å². The van der Waals surface area contributed by atoms with Gasteiger partial charge in [0.05, 0.1) is 0 Å². The van der Waals surface area contributed by atoms with Gasteiger partial charge in [0.25, 0.3) is 0 Å². The summed E-state index contributed by atoms with van der Waals surface area (Å²) in [5.41, 5.74) is 1.50. The first-order valence-corrected chi connectivity index (χ1v) is 7.51. The second-order valence-electron chi connectivity index (χ2n) is 5.60. The molecule has 2 fully saturated rings. The SMILES string of the molecule is c1ccc(C2CCCCN2N2CCCCC2)cc1. The molecule has 0 bridgehead atoms. The van der Waals surface area contributed by atoms with Crippen molar-refractivity contribution in [1.29, 1.82) is 0 Å². The first kappa shape index (κ1) is 12.2. The van der Waals surface area contributed by atoms with E-state index in [0.717, 1.165) is 0 Å². The summed E-state index contributed by atoms with van der Waals surface area (Å²) in [7, 11) is 0. The number of hydrazine groups is 1. The predicted molar refractivity (Wildman–Crippen MR) is 75.2 cm³/mol. The maximum Gasteiger partial charge on any atom is 0.0495 e. The highest BCUT2D eigenvalue weighted by molar-refractivity contribution is 5.19. The summed E-state index contributed by atoms with van der Waals surface area (Å²) in [5, 5.41) is 5.29. The molecule has 2 saturated heterocycles. The van der Waals surface area contributed by atoms with Crippen molar-refractivity contribution in [2.45, 2.75) is 44.6 Å². The third-order valence-electron chi connectivity index (χ3n) is 4.35. The molecule has 0 aromatic heterocycles. The zero-order chi connectivity index (χ0) is 12.2. The lowest BCUT2D eigenvalue weighted by Crippen LogP contribution is -2.49. The van der Waals surface area contributed by atoms with Gasteiger partial charge in [-0.05, 0) is 31.2 Å². The zero-order valence-electron chi connectivity index (χ0n) is 11.2. The van der Waals surface area contributed by atoms with E-state index in [9.17, 15) is 0 Å². The minimum atomic E-state index is 0.623. The molecule has 0 aliphatic carbocycles. The van der Waals surface area contributed by atoms with Crippen molar-refractivity contribution < 1.29 is 0 Å². The van der Waals surface area contributed by atoms with Gasteiger partial charge in [0, 0.05) is 25.7 Å². The van der Waals surface area contributed by atoms with Crippen LogP contribution in [0.4, 0.5) is 0 Å². The molecule has 2 nitrogen and oxygen atoms in total. The van der Waals surface area contributed by atoms with Crippen LogP contribution in [0.25, 0.3) is 0 Å². The van der Waals surface area contributed by atoms with E-state index in [1.54, 1.807) is 0 Å². The topological polar surface area (TPSA) is 6.48 Å². The normalized spacial score (nSPS) is 27.2. The summed E-state index contributed by atoms with van der Waals surface area (Å²) in [5.74, 6) is 0. The average Bonchev–Trinajstić information content (AvgIpc) is 2.49. The van der Waals surface area contributed by atoms with Crippen LogP contribution < -0.4 is 0 Å². The summed E-state index contributed by atoms with van der Waals surface area (Å²) in [6, 6.07) is 11.7. The van der Waals surface area contributed by atoms with Gasteiger partial charge in [-0.1, -0.05) is 43.2 Å². The Kier molecular flexibility index (Phi) is 3.96. The molecule has 0 amide bonds. The van der Waals surface area contributed by atoms with Gasteiger partial charge in [0.2, 0.25) is 0 Å². The average molecular weight is 244 g/mol. The van der Waals surface area contributed by atoms with E-state index in [0.29, 0.717) is 6.04 Å². The fourth-order valence-corrected chi connectivity index (χ4v) is 3.40. The zero-order valence-corrected chi connectivity index (χ0v) is 11.2. The van der Waals surface area contributed by atoms with Crippen molar-refractivity contribution in [2.24, 2.45) is 0 Å². The molecular formula is C16H24N2. The summed E-state index contributed by atoms with van der Waals surface area (Å²) in [6.45, 7) is 3.78. The summed E-state index contributed by atoms with van der Waals surface area (Å²) >= 11 is 0. The van der Waals surface area contributed by atoms with Crippen molar-refractivity contribution in [3.05, 3.63) is 35.9 Å². The van der Waals surface area contributed by atoms with Gasteiger partial charge in [-0.15, -0.1) is 0 Å². The van der Waals surface area contributed by atoms with Crippen LogP contribution >= 0.6 is 0 Å². The standard InChI is InChI=1S/C16H24N2/c1-3-9-15(10-4-1)16-11-5-8-14-18(16)17-12-6-2-7-13-17/h1,3-4,9-10,16H,2,5-8,11-14H2. The Hall–Kier alpha value is -0.860. The van der Waals surface area contributed by atoms with Gasteiger partial charge in [0.15, 0.2) is 0 Å². The Morgan fingerprint density at radius 1 is 0.778 bits per heavy atom. The quantitative estimate of drug-likeness (QED) is 0.784. The maximum absolute atomic E-state index is 2.66. The molecule has 2 heteroatoms. The van der Waals surface area contributed by atoms with Crippen LogP contribution in [0.3, 0.4) is 0 Å². The molecule has 0 radical (unpaired) electrons. The number of nitrogens with zero attached hydrogens (tertiary/aromatic N) is 2. The van der Waals surface area contributed by atoms with Gasteiger partial charge in [-0.3, -0.25) is 0 Å². The Morgan fingerprint density at radius 2 is 1.50 bits per heavy atom. The minimum Gasteiger partial charge on any atom is -0.241 e. The molecule has 0 saturated carbocycles. The van der Waals surface area contributed by atoms with Gasteiger partial charge in [-0.2, -0.15) is 0 Å². The first-order valence-electron chi connectivity index (χ1n) is 7.51. The predicted octanol–water partition coefficient (Wildman–Crippen LogP) is 3.61. The molecule has 3 rings (SSSR count). The molecule has 1 aromatic rings. The van der Waals surface area contributed by atoms with Gasteiger partial charge in [0.1, 0.15) is 0 Å². The third-order valence-corrected chi connectivity index (χ3v) is 4.35. The summed E-state index contributed by atoms with van der Waals surface area (Å²) in [4.78, 5) is 0. The lowest BCUT2D eigenvalue weighted by Gasteiger charge is -2.45. The lowest BCUT2D eigenvalue weighted by atomic mass is 9.96. The summed E-state index contributed by atoms with van der Waals surface area (Å²) < 4.78 is 0. The number of benzene rings is 1. The number of hydrogen-bond donors (Lipinski definition) is 0. The molecule has 0 spiro atoms. The van der Waals surface area contributed by atoms with Crippen LogP contribution in [0.15, 0.2) is 30.3 Å². The second-order valence-corrected chi connectivity index (χ2v) is 5.60. The molecule has 0 N–H and O–H groups in total. The van der Waals surface area contributed by atoms with Crippen molar-refractivity contribution in [2.75, 3.05) is 19.6 Å². The number of rotatable bonds is 2. The smallest absolute Gasteiger partial charge is 0.0495 e. The molecule has 2 heterocycles. The molecule has 1 atom stereocenters. The van der Waals surface area contributed by atoms with Crippen LogP contribution in [-0.2, 0) is 0 Å². The Bertz CT molecular complexity index is 357. The van der Waals surface area contributed by atoms with Crippen molar-refractivity contribution in [3.63, 3.8) is 0 Å². The molecule has 2 aliphatic rings. The molecular weight excluding hydrogens is 220 g/mol. The maximum atomic E-state index is 2.66. The van der Waals surface area contributed by atoms with Crippen LogP contribution in [0.2, 0.25) is 0 Å². The van der Waals surface area contributed by atoms with Gasteiger partial charge in [-0.25, -0.2) is 10.0 Å². The fraction of sp³-hybridized carbons (Fsp3) is 0.625. The van der Waals surface area contributed by atoms with E-state index in [4.69, 9.17) is 0 Å². The minimum absolute atomic E-state index is 0.623. The largest absolute Gasteiger partial charge is 0.241 e. The first-order chi connectivity index (χ1) is 8.95. The molecule has 98 valence electrons. The van der Waals surface area contributed by atoms with Gasteiger partial charge >= 0.3 is 0 Å². The molecule has 2 aliphatic heterocycles. The highest BCUT2D eigenvalue weighted by Gasteiger charge is 2.28. The third kappa shape index (κ3) is 2.60. The van der Waals surface area contributed by atoms with Crippen molar-refractivity contribution >= 4 is 0 Å². The Balaban J connectivity index is 1.77. The second kappa shape index (κ2) is 5.85. The van der Waals surface area contributed by atoms with Crippen molar-refractivity contribution in [1.82, 2.24) is 10.0 Å². The van der Waals surface area contributed by atoms with E-state index in [1.165, 1.54) is 63.7 Å². The lowest BCUT2D eigenvalue weighted by molar-refractivity contribution is -0.0902. The van der Waals surface area contributed by atoms with Gasteiger partial charge < -0.3 is 0 Å². The summed E-state index contributed by atoms with van der Waals surface area (Å²) in [6.07, 6.45) is 8.22. The molecule has 18 heavy (non-hydrogen) atoms. The van der Waals surface area contributed by atoms with E-state index >= 15 is 0 Å². The highest BCUT2D eigenvalue weighted by Crippen LogP contribution is 2.32. The highest BCUT2D eigenvalue weighted by atomic mass is 15.6. The van der Waals surface area contributed by atoms with Crippen LogP contribution in [0, 0.1) is 0 Å². The fourth-order valence-electron chi connectivity index (χ4n) is 3.40. The van der Waals surface area contributed by atoms with Crippen LogP contribution in [-0.4, -0.2) is 29.7 Å². The number of piperidine rings is 2.